The Hall–Kier alpha value is -1.00. The lowest BCUT2D eigenvalue weighted by Crippen LogP contribution is -2.29. The maximum atomic E-state index is 11.4. The first-order valence-electron chi connectivity index (χ1n) is 5.85. The molecule has 3 nitrogen and oxygen atoms in total. The van der Waals surface area contributed by atoms with Gasteiger partial charge in [-0.3, -0.25) is 10.2 Å². The van der Waals surface area contributed by atoms with E-state index in [-0.39, 0.29) is 5.91 Å². The molecule has 0 radical (unpaired) electrons. The van der Waals surface area contributed by atoms with Crippen molar-refractivity contribution < 1.29 is 4.79 Å². The van der Waals surface area contributed by atoms with E-state index in [0.29, 0.717) is 5.56 Å². The van der Waals surface area contributed by atoms with Crippen LogP contribution < -0.4 is 11.3 Å². The Kier molecular flexibility index (Phi) is 6.08. The summed E-state index contributed by atoms with van der Waals surface area (Å²) in [4.78, 5) is 11.4. The van der Waals surface area contributed by atoms with E-state index in [1.54, 1.807) is 6.07 Å². The summed E-state index contributed by atoms with van der Waals surface area (Å²) >= 11 is 1.90. The van der Waals surface area contributed by atoms with E-state index >= 15 is 0 Å². The number of nitrogen functional groups attached to an aromatic ring is 1. The molecule has 1 unspecified atom stereocenters. The van der Waals surface area contributed by atoms with Gasteiger partial charge in [-0.15, -0.1) is 0 Å². The molecular formula is C13H20N2OS. The summed E-state index contributed by atoms with van der Waals surface area (Å²) in [5, 5.41) is 0. The van der Waals surface area contributed by atoms with E-state index in [1.165, 1.54) is 12.0 Å². The van der Waals surface area contributed by atoms with Crippen molar-refractivity contribution in [2.24, 2.45) is 11.8 Å². The highest BCUT2D eigenvalue weighted by Crippen LogP contribution is 2.17. The fourth-order valence-electron chi connectivity index (χ4n) is 1.38. The smallest absolute Gasteiger partial charge is 0.265 e. The Morgan fingerprint density at radius 2 is 2.29 bits per heavy atom. The second kappa shape index (κ2) is 7.35. The highest BCUT2D eigenvalue weighted by Gasteiger charge is 2.04. The summed E-state index contributed by atoms with van der Waals surface area (Å²) in [6.45, 7) is 4.46. The lowest BCUT2D eigenvalue weighted by Gasteiger charge is -2.08. The molecular weight excluding hydrogens is 232 g/mol. The van der Waals surface area contributed by atoms with Crippen molar-refractivity contribution in [2.75, 3.05) is 5.75 Å². The number of carbonyl (C=O) groups is 1. The van der Waals surface area contributed by atoms with Crippen LogP contribution >= 0.6 is 11.8 Å². The average Bonchev–Trinajstić information content (AvgIpc) is 2.38. The summed E-state index contributed by atoms with van der Waals surface area (Å²) in [6, 6.07) is 7.59. The van der Waals surface area contributed by atoms with Crippen LogP contribution in [0.4, 0.5) is 0 Å². The Balaban J connectivity index is 2.51. The molecule has 0 bridgehead atoms. The van der Waals surface area contributed by atoms with Crippen LogP contribution in [-0.2, 0) is 5.75 Å². The molecule has 0 heterocycles. The minimum absolute atomic E-state index is 0.237. The molecule has 0 saturated heterocycles. The number of hydrogen-bond donors (Lipinski definition) is 2. The topological polar surface area (TPSA) is 55.1 Å². The molecule has 0 aliphatic rings. The maximum Gasteiger partial charge on any atom is 0.265 e. The van der Waals surface area contributed by atoms with Crippen molar-refractivity contribution in [3.05, 3.63) is 35.4 Å². The van der Waals surface area contributed by atoms with Crippen LogP contribution in [0.5, 0.6) is 0 Å². The Morgan fingerprint density at radius 1 is 1.53 bits per heavy atom. The zero-order valence-electron chi connectivity index (χ0n) is 10.4. The molecule has 0 aliphatic carbocycles. The highest BCUT2D eigenvalue weighted by molar-refractivity contribution is 7.98. The van der Waals surface area contributed by atoms with Gasteiger partial charge in [-0.2, -0.15) is 11.8 Å². The van der Waals surface area contributed by atoms with E-state index in [9.17, 15) is 4.79 Å². The highest BCUT2D eigenvalue weighted by atomic mass is 32.2. The van der Waals surface area contributed by atoms with Gasteiger partial charge in [-0.05, 0) is 29.4 Å². The molecule has 3 N–H and O–H groups in total. The molecule has 0 saturated carbocycles. The number of benzene rings is 1. The van der Waals surface area contributed by atoms with Gasteiger partial charge >= 0.3 is 0 Å². The van der Waals surface area contributed by atoms with Gasteiger partial charge in [0.05, 0.1) is 0 Å². The van der Waals surface area contributed by atoms with Gasteiger partial charge in [-0.1, -0.05) is 32.4 Å². The second-order valence-corrected chi connectivity index (χ2v) is 5.23. The standard InChI is InChI=1S/C13H20N2OS/c1-3-10(2)8-17-9-11-5-4-6-12(7-11)13(16)15-14/h4-7,10H,3,8-9,14H2,1-2H3,(H,15,16). The lowest BCUT2D eigenvalue weighted by atomic mass is 10.1. The maximum absolute atomic E-state index is 11.4. The quantitative estimate of drug-likeness (QED) is 0.465. The summed E-state index contributed by atoms with van der Waals surface area (Å²) in [5.74, 6) is 7.71. The van der Waals surface area contributed by atoms with Crippen LogP contribution in [0.3, 0.4) is 0 Å². The summed E-state index contributed by atoms with van der Waals surface area (Å²) in [7, 11) is 0. The summed E-state index contributed by atoms with van der Waals surface area (Å²) < 4.78 is 0. The number of amides is 1. The SMILES string of the molecule is CCC(C)CSCc1cccc(C(=O)NN)c1. The normalized spacial score (nSPS) is 12.2. The van der Waals surface area contributed by atoms with Gasteiger partial charge in [0.1, 0.15) is 0 Å². The van der Waals surface area contributed by atoms with Crippen LogP contribution in [0.1, 0.15) is 36.2 Å². The first kappa shape index (κ1) is 14.1. The molecule has 1 aromatic rings. The number of rotatable bonds is 6. The van der Waals surface area contributed by atoms with Crippen LogP contribution in [0, 0.1) is 5.92 Å². The first-order valence-corrected chi connectivity index (χ1v) is 7.00. The molecule has 94 valence electrons. The number of hydrogen-bond acceptors (Lipinski definition) is 3. The summed E-state index contributed by atoms with van der Waals surface area (Å²) in [5.41, 5.74) is 3.93. The molecule has 1 rings (SSSR count). The molecule has 1 amide bonds. The van der Waals surface area contributed by atoms with E-state index < -0.39 is 0 Å². The van der Waals surface area contributed by atoms with Crippen molar-refractivity contribution >= 4 is 17.7 Å². The minimum atomic E-state index is -0.237. The largest absolute Gasteiger partial charge is 0.290 e. The molecule has 0 fully saturated rings. The minimum Gasteiger partial charge on any atom is -0.290 e. The van der Waals surface area contributed by atoms with Gasteiger partial charge < -0.3 is 0 Å². The molecule has 4 heteroatoms. The third kappa shape index (κ3) is 4.79. The first-order chi connectivity index (χ1) is 8.17. The monoisotopic (exact) mass is 252 g/mol. The molecule has 0 aliphatic heterocycles. The van der Waals surface area contributed by atoms with Crippen LogP contribution in [-0.4, -0.2) is 11.7 Å². The third-order valence-electron chi connectivity index (χ3n) is 2.69. The Bertz CT molecular complexity index is 368. The van der Waals surface area contributed by atoms with Crippen LogP contribution in [0.15, 0.2) is 24.3 Å². The number of thioether (sulfide) groups is 1. The van der Waals surface area contributed by atoms with E-state index in [2.05, 4.69) is 19.3 Å². The molecule has 17 heavy (non-hydrogen) atoms. The van der Waals surface area contributed by atoms with Gasteiger partial charge in [-0.25, -0.2) is 5.84 Å². The van der Waals surface area contributed by atoms with Gasteiger partial charge in [0.15, 0.2) is 0 Å². The van der Waals surface area contributed by atoms with Gasteiger partial charge in [0, 0.05) is 11.3 Å². The van der Waals surface area contributed by atoms with Crippen molar-refractivity contribution in [3.63, 3.8) is 0 Å². The zero-order chi connectivity index (χ0) is 12.7. The molecule has 1 atom stereocenters. The predicted molar refractivity (Wildman–Crippen MR) is 73.7 cm³/mol. The fourth-order valence-corrected chi connectivity index (χ4v) is 2.55. The number of hydrazine groups is 1. The second-order valence-electron chi connectivity index (χ2n) is 4.20. The van der Waals surface area contributed by atoms with E-state index in [4.69, 9.17) is 5.84 Å². The fraction of sp³-hybridized carbons (Fsp3) is 0.462. The summed E-state index contributed by atoms with van der Waals surface area (Å²) in [6.07, 6.45) is 1.21. The molecule has 0 spiro atoms. The van der Waals surface area contributed by atoms with Crippen molar-refractivity contribution in [1.29, 1.82) is 0 Å². The third-order valence-corrected chi connectivity index (χ3v) is 4.03. The molecule has 1 aromatic carbocycles. The zero-order valence-corrected chi connectivity index (χ0v) is 11.2. The van der Waals surface area contributed by atoms with Crippen LogP contribution in [0.2, 0.25) is 0 Å². The Labute approximate surface area is 107 Å². The van der Waals surface area contributed by atoms with Gasteiger partial charge in [0.25, 0.3) is 5.91 Å². The molecule has 0 aromatic heterocycles. The number of nitrogens with two attached hydrogens (primary N) is 1. The number of carbonyl (C=O) groups excluding carboxylic acids is 1. The Morgan fingerprint density at radius 3 is 2.94 bits per heavy atom. The van der Waals surface area contributed by atoms with Crippen LogP contribution in [0.25, 0.3) is 0 Å². The van der Waals surface area contributed by atoms with Crippen molar-refractivity contribution in [1.82, 2.24) is 5.43 Å². The average molecular weight is 252 g/mol. The lowest BCUT2D eigenvalue weighted by molar-refractivity contribution is 0.0953. The number of nitrogens with one attached hydrogen (secondary N) is 1. The van der Waals surface area contributed by atoms with E-state index in [1.807, 2.05) is 30.0 Å². The van der Waals surface area contributed by atoms with Crippen molar-refractivity contribution in [2.45, 2.75) is 26.0 Å². The van der Waals surface area contributed by atoms with Gasteiger partial charge in [0.2, 0.25) is 0 Å². The predicted octanol–water partition coefficient (Wildman–Crippen LogP) is 2.57. The van der Waals surface area contributed by atoms with Crippen molar-refractivity contribution in [3.8, 4) is 0 Å². The van der Waals surface area contributed by atoms with E-state index in [0.717, 1.165) is 17.4 Å².